The fourth-order valence-electron chi connectivity index (χ4n) is 7.92. The molecule has 4 aliphatic heterocycles. The number of phenolic OH excluding ortho intramolecular Hbond substituents is 3. The Balaban J connectivity index is 1.70. The van der Waals surface area contributed by atoms with Gasteiger partial charge in [0.05, 0.1) is 53.0 Å². The van der Waals surface area contributed by atoms with Crippen LogP contribution in [0.25, 0.3) is 10.8 Å². The Labute approximate surface area is 344 Å². The van der Waals surface area contributed by atoms with Crippen LogP contribution in [0.5, 0.6) is 23.0 Å². The summed E-state index contributed by atoms with van der Waals surface area (Å²) in [5, 5.41) is 66.8. The van der Waals surface area contributed by atoms with Gasteiger partial charge >= 0.3 is 11.8 Å². The third kappa shape index (κ3) is 8.91. The van der Waals surface area contributed by atoms with Crippen molar-refractivity contribution in [2.75, 3.05) is 45.7 Å². The van der Waals surface area contributed by atoms with E-state index in [0.29, 0.717) is 13.1 Å². The van der Waals surface area contributed by atoms with Crippen LogP contribution in [0.3, 0.4) is 0 Å². The van der Waals surface area contributed by atoms with Crippen molar-refractivity contribution in [3.8, 4) is 23.0 Å². The molecule has 6 N–H and O–H groups in total. The molecule has 16 nitrogen and oxygen atoms in total. The molecule has 0 spiro atoms. The monoisotopic (exact) mass is 822 g/mol. The SMILES string of the molecule is CO[C@H]1C=CO[C@@]2(C)Oc3c(C)c(O)c4c(O)c(c(/C=N/N5CCN(C)CC5)c(O)c4c3C2=O)NC(=O)/C(C)=C\C=C[C@H](C)[C@H](O)[C@@H](C)[C@@H](O)[C@@H](C)[C@H](OC(C)=O)[C@@H]1C. The number of likely N-dealkylation sites (N-methyl/N-ethyl adjacent to an activating group) is 1. The number of hydrogen-bond acceptors (Lipinski definition) is 15. The smallest absolute Gasteiger partial charge is 0.312 e. The molecule has 1 saturated heterocycles. The summed E-state index contributed by atoms with van der Waals surface area (Å²) in [6.45, 7) is 15.1. The van der Waals surface area contributed by atoms with Crippen LogP contribution >= 0.6 is 0 Å². The van der Waals surface area contributed by atoms with E-state index in [4.69, 9.17) is 18.9 Å². The highest BCUT2D eigenvalue weighted by molar-refractivity contribution is 6.23. The first-order chi connectivity index (χ1) is 27.7. The summed E-state index contributed by atoms with van der Waals surface area (Å²) < 4.78 is 23.6. The fraction of sp³-hybridized carbons (Fsp3) is 0.535. The summed E-state index contributed by atoms with van der Waals surface area (Å²) in [5.74, 6) is -8.34. The van der Waals surface area contributed by atoms with Gasteiger partial charge in [-0.3, -0.25) is 19.4 Å². The van der Waals surface area contributed by atoms with Gasteiger partial charge in [-0.15, -0.1) is 0 Å². The summed E-state index contributed by atoms with van der Waals surface area (Å²) in [6, 6.07) is 0. The van der Waals surface area contributed by atoms with Gasteiger partial charge in [0, 0.05) is 87.3 Å². The van der Waals surface area contributed by atoms with Crippen molar-refractivity contribution in [3.63, 3.8) is 0 Å². The zero-order valence-electron chi connectivity index (χ0n) is 35.3. The number of benzene rings is 2. The number of anilines is 1. The number of aromatic hydroxyl groups is 3. The minimum Gasteiger partial charge on any atom is -0.507 e. The lowest BCUT2D eigenvalue weighted by atomic mass is 9.78. The standard InChI is InChI=1S/C43H58N4O12/c1-21-12-11-13-22(2)42(55)45-33-28(20-44-47-17-15-46(9)16-18-47)37(52)30-31(38(33)53)36(51)26(6)40-32(30)41(54)43(8,59-40)57-19-14-29(56-10)23(3)39(58-27(7)48)25(5)35(50)24(4)34(21)49/h11-14,19-21,23-25,29,34-35,39,49-53H,15-18H2,1-10H3,(H,45,55)/b12-11?,19-14?,22-13-,44-20+/t21-,23+,24+,25+,29-,34-,35+,39+,43-/m0/s1. The molecule has 0 radical (unpaired) electrons. The van der Waals surface area contributed by atoms with E-state index in [1.54, 1.807) is 44.9 Å². The van der Waals surface area contributed by atoms with Crippen LogP contribution in [0.1, 0.15) is 70.0 Å². The largest absolute Gasteiger partial charge is 0.507 e. The first kappa shape index (κ1) is 44.9. The molecule has 5 bridgehead atoms. The number of hydrazone groups is 1. The van der Waals surface area contributed by atoms with E-state index in [1.807, 2.05) is 7.05 Å². The van der Waals surface area contributed by atoms with Gasteiger partial charge < -0.3 is 54.7 Å². The summed E-state index contributed by atoms with van der Waals surface area (Å²) >= 11 is 0. The second-order valence-electron chi connectivity index (χ2n) is 16.1. The molecule has 4 heterocycles. The lowest BCUT2D eigenvalue weighted by Crippen LogP contribution is -2.46. The van der Waals surface area contributed by atoms with E-state index in [-0.39, 0.29) is 44.5 Å². The number of ketones is 1. The molecule has 6 rings (SSSR count). The van der Waals surface area contributed by atoms with E-state index < -0.39 is 88.8 Å². The van der Waals surface area contributed by atoms with Crippen molar-refractivity contribution in [2.24, 2.45) is 28.8 Å². The number of Topliss-reactive ketones (excluding diaryl/α,β-unsaturated/α-hetero) is 1. The maximum Gasteiger partial charge on any atom is 0.312 e. The van der Waals surface area contributed by atoms with Crippen molar-refractivity contribution in [2.45, 2.75) is 85.6 Å². The van der Waals surface area contributed by atoms with Gasteiger partial charge in [0.25, 0.3) is 11.7 Å². The molecule has 1 amide bonds. The van der Waals surface area contributed by atoms with Crippen LogP contribution in [0.4, 0.5) is 5.69 Å². The topological polar surface area (TPSA) is 220 Å². The molecule has 0 unspecified atom stereocenters. The average Bonchev–Trinajstić information content (AvgIpc) is 3.46. The molecule has 4 aliphatic rings. The zero-order chi connectivity index (χ0) is 43.7. The number of ether oxygens (including phenoxy) is 4. The fourth-order valence-corrected chi connectivity index (χ4v) is 7.92. The number of nitrogens with zero attached hydrogens (tertiary/aromatic N) is 3. The van der Waals surface area contributed by atoms with Gasteiger partial charge in [0.2, 0.25) is 0 Å². The van der Waals surface area contributed by atoms with Crippen LogP contribution < -0.4 is 10.1 Å². The Kier molecular flexibility index (Phi) is 13.7. The molecule has 16 heteroatoms. The third-order valence-corrected chi connectivity index (χ3v) is 11.9. The van der Waals surface area contributed by atoms with Crippen LogP contribution in [-0.2, 0) is 23.8 Å². The highest BCUT2D eigenvalue weighted by Gasteiger charge is 2.50. The Hall–Kier alpha value is -5.16. The van der Waals surface area contributed by atoms with Crippen LogP contribution in [0, 0.1) is 30.6 Å². The highest BCUT2D eigenvalue weighted by Crippen LogP contribution is 2.55. The lowest BCUT2D eigenvalue weighted by Gasteiger charge is -2.38. The van der Waals surface area contributed by atoms with Crippen molar-refractivity contribution < 1.29 is 58.9 Å². The predicted octanol–water partition coefficient (Wildman–Crippen LogP) is 4.34. The maximum absolute atomic E-state index is 14.4. The molecule has 0 aliphatic carbocycles. The van der Waals surface area contributed by atoms with Gasteiger partial charge in [0.15, 0.2) is 5.75 Å². The van der Waals surface area contributed by atoms with E-state index in [9.17, 15) is 39.9 Å². The predicted molar refractivity (Wildman–Crippen MR) is 220 cm³/mol. The number of esters is 1. The second kappa shape index (κ2) is 18.0. The van der Waals surface area contributed by atoms with Gasteiger partial charge in [-0.05, 0) is 27.0 Å². The average molecular weight is 823 g/mol. The van der Waals surface area contributed by atoms with Gasteiger partial charge in [-0.2, -0.15) is 5.10 Å². The summed E-state index contributed by atoms with van der Waals surface area (Å²) in [6.07, 6.45) is 4.86. The Morgan fingerprint density at radius 2 is 1.61 bits per heavy atom. The van der Waals surface area contributed by atoms with Gasteiger partial charge in [-0.1, -0.05) is 45.9 Å². The number of piperazine rings is 1. The van der Waals surface area contributed by atoms with Crippen molar-refractivity contribution in [3.05, 3.63) is 52.8 Å². The van der Waals surface area contributed by atoms with Crippen LogP contribution in [0.2, 0.25) is 0 Å². The molecule has 2 aromatic rings. The van der Waals surface area contributed by atoms with Crippen molar-refractivity contribution >= 4 is 40.3 Å². The quantitative estimate of drug-likeness (QED) is 0.109. The second-order valence-corrected chi connectivity index (χ2v) is 16.1. The number of nitrogens with one attached hydrogen (secondary N) is 1. The minimum absolute atomic E-state index is 0.0559. The number of aliphatic hydroxyl groups is 2. The normalized spacial score (nSPS) is 31.0. The summed E-state index contributed by atoms with van der Waals surface area (Å²) in [5.41, 5.74) is -0.350. The number of aliphatic hydroxyl groups excluding tert-OH is 2. The summed E-state index contributed by atoms with van der Waals surface area (Å²) in [4.78, 5) is 42.6. The molecule has 0 saturated carbocycles. The number of allylic oxidation sites excluding steroid dienone is 2. The number of rotatable bonds is 4. The minimum atomic E-state index is -2.04. The zero-order valence-corrected chi connectivity index (χ0v) is 35.3. The lowest BCUT2D eigenvalue weighted by molar-refractivity contribution is -0.160. The molecule has 59 heavy (non-hydrogen) atoms. The molecular formula is C43H58N4O12. The molecule has 2 aromatic carbocycles. The van der Waals surface area contributed by atoms with Gasteiger partial charge in [0.1, 0.15) is 23.4 Å². The maximum atomic E-state index is 14.4. The number of carbonyl (C=O) groups excluding carboxylic acids is 3. The van der Waals surface area contributed by atoms with E-state index in [0.717, 1.165) is 13.1 Å². The summed E-state index contributed by atoms with van der Waals surface area (Å²) in [7, 11) is 3.42. The van der Waals surface area contributed by atoms with Crippen molar-refractivity contribution in [1.29, 1.82) is 0 Å². The number of fused-ring (bicyclic) bond motifs is 14. The van der Waals surface area contributed by atoms with Crippen LogP contribution in [0.15, 0.2) is 41.2 Å². The molecule has 0 aromatic heterocycles. The van der Waals surface area contributed by atoms with E-state index >= 15 is 0 Å². The molecule has 9 atom stereocenters. The molecule has 1 fully saturated rings. The van der Waals surface area contributed by atoms with E-state index in [1.165, 1.54) is 59.4 Å². The number of methoxy groups -OCH3 is 1. The number of phenols is 3. The van der Waals surface area contributed by atoms with E-state index in [2.05, 4.69) is 15.3 Å². The highest BCUT2D eigenvalue weighted by atomic mass is 16.7. The number of amides is 1. The van der Waals surface area contributed by atoms with Crippen molar-refractivity contribution in [1.82, 2.24) is 9.91 Å². The Morgan fingerprint density at radius 3 is 2.24 bits per heavy atom. The first-order valence-electron chi connectivity index (χ1n) is 19.8. The Bertz CT molecular complexity index is 2070. The Morgan fingerprint density at radius 1 is 0.949 bits per heavy atom. The molecular weight excluding hydrogens is 764 g/mol. The third-order valence-electron chi connectivity index (χ3n) is 11.9. The van der Waals surface area contributed by atoms with Crippen LogP contribution in [-0.4, -0.2) is 130 Å². The first-order valence-corrected chi connectivity index (χ1v) is 19.8. The number of carbonyl (C=O) groups is 3. The molecule has 322 valence electrons. The van der Waals surface area contributed by atoms with Gasteiger partial charge in [-0.25, -0.2) is 0 Å². The number of hydrogen-bond donors (Lipinski definition) is 6.